The average Bonchev–Trinajstić information content (AvgIpc) is 2.32. The van der Waals surface area contributed by atoms with Crippen LogP contribution in [0, 0.1) is 11.8 Å². The maximum atomic E-state index is 11.6. The molecule has 106 valence electrons. The van der Waals surface area contributed by atoms with Gasteiger partial charge >= 0.3 is 0 Å². The highest BCUT2D eigenvalue weighted by molar-refractivity contribution is 5.76. The minimum absolute atomic E-state index is 0.0680. The molecule has 0 radical (unpaired) electrons. The van der Waals surface area contributed by atoms with E-state index in [1.165, 1.54) is 0 Å². The van der Waals surface area contributed by atoms with Crippen LogP contribution in [0.2, 0.25) is 0 Å². The van der Waals surface area contributed by atoms with Crippen LogP contribution in [0.25, 0.3) is 0 Å². The minimum Gasteiger partial charge on any atom is -0.379 e. The first-order valence-corrected chi connectivity index (χ1v) is 6.75. The van der Waals surface area contributed by atoms with Crippen LogP contribution < -0.4 is 11.1 Å². The summed E-state index contributed by atoms with van der Waals surface area (Å²) in [6.45, 7) is 10.3. The fourth-order valence-corrected chi connectivity index (χ4v) is 1.80. The van der Waals surface area contributed by atoms with E-state index in [0.717, 1.165) is 12.8 Å². The van der Waals surface area contributed by atoms with Gasteiger partial charge in [0.15, 0.2) is 0 Å². The Hall–Kier alpha value is -0.870. The Morgan fingerprint density at radius 2 is 2.17 bits per heavy atom. The zero-order valence-corrected chi connectivity index (χ0v) is 11.8. The molecule has 0 aromatic carbocycles. The number of hydrogen-bond acceptors (Lipinski definition) is 3. The Bertz CT molecular complexity index is 230. The molecule has 0 heterocycles. The molecule has 0 saturated heterocycles. The molecule has 1 atom stereocenters. The van der Waals surface area contributed by atoms with E-state index in [4.69, 9.17) is 10.5 Å². The first kappa shape index (κ1) is 17.1. The maximum absolute atomic E-state index is 11.6. The molecular formula is C14H28N2O2. The average molecular weight is 256 g/mol. The van der Waals surface area contributed by atoms with Crippen LogP contribution in [-0.4, -0.2) is 32.2 Å². The lowest BCUT2D eigenvalue weighted by molar-refractivity contribution is -0.122. The Morgan fingerprint density at radius 3 is 2.72 bits per heavy atom. The summed E-state index contributed by atoms with van der Waals surface area (Å²) in [6, 6.07) is 0. The summed E-state index contributed by atoms with van der Waals surface area (Å²) in [7, 11) is 0. The third-order valence-corrected chi connectivity index (χ3v) is 2.65. The van der Waals surface area contributed by atoms with Crippen molar-refractivity contribution in [2.45, 2.75) is 33.1 Å². The van der Waals surface area contributed by atoms with E-state index in [1.807, 2.05) is 6.08 Å². The van der Waals surface area contributed by atoms with E-state index in [9.17, 15) is 4.79 Å². The second-order valence-electron chi connectivity index (χ2n) is 4.98. The number of hydrogen-bond donors (Lipinski definition) is 2. The monoisotopic (exact) mass is 256 g/mol. The van der Waals surface area contributed by atoms with E-state index >= 15 is 0 Å². The van der Waals surface area contributed by atoms with Crippen molar-refractivity contribution in [2.24, 2.45) is 17.6 Å². The molecule has 4 nitrogen and oxygen atoms in total. The van der Waals surface area contributed by atoms with Gasteiger partial charge < -0.3 is 15.8 Å². The number of ether oxygens (including phenoxy) is 1. The lowest BCUT2D eigenvalue weighted by Crippen LogP contribution is -2.31. The van der Waals surface area contributed by atoms with Gasteiger partial charge in [0.1, 0.15) is 0 Å². The van der Waals surface area contributed by atoms with Gasteiger partial charge in [-0.3, -0.25) is 4.79 Å². The third-order valence-electron chi connectivity index (χ3n) is 2.65. The Balaban J connectivity index is 3.59. The maximum Gasteiger partial charge on any atom is 0.220 e. The predicted molar refractivity (Wildman–Crippen MR) is 75.3 cm³/mol. The molecule has 0 saturated carbocycles. The van der Waals surface area contributed by atoms with Crippen molar-refractivity contribution >= 4 is 5.91 Å². The number of carbonyl (C=O) groups is 1. The number of amides is 1. The molecular weight excluding hydrogens is 228 g/mol. The standard InChI is InChI=1S/C14H28N2O2/c1-4-5-7-18-8-6-16-14(17)10-13(11-15)9-12(2)3/h4,12-13H,1,5-11,15H2,2-3H3,(H,16,17)/t13-/m0/s1. The molecule has 0 aromatic heterocycles. The third kappa shape index (κ3) is 10.3. The van der Waals surface area contributed by atoms with Gasteiger partial charge in [0.2, 0.25) is 5.91 Å². The number of carbonyl (C=O) groups excluding carboxylic acids is 1. The first-order valence-electron chi connectivity index (χ1n) is 6.75. The topological polar surface area (TPSA) is 64.3 Å². The molecule has 0 rings (SSSR count). The van der Waals surface area contributed by atoms with Gasteiger partial charge in [-0.1, -0.05) is 19.9 Å². The zero-order valence-electron chi connectivity index (χ0n) is 11.8. The summed E-state index contributed by atoms with van der Waals surface area (Å²) in [5.74, 6) is 0.929. The van der Waals surface area contributed by atoms with Gasteiger partial charge in [-0.05, 0) is 31.2 Å². The van der Waals surface area contributed by atoms with Crippen LogP contribution in [0.5, 0.6) is 0 Å². The summed E-state index contributed by atoms with van der Waals surface area (Å²) < 4.78 is 5.31. The molecule has 0 fully saturated rings. The highest BCUT2D eigenvalue weighted by atomic mass is 16.5. The van der Waals surface area contributed by atoms with E-state index in [1.54, 1.807) is 0 Å². The van der Waals surface area contributed by atoms with Crippen molar-refractivity contribution < 1.29 is 9.53 Å². The Morgan fingerprint density at radius 1 is 1.44 bits per heavy atom. The van der Waals surface area contributed by atoms with Crippen molar-refractivity contribution in [3.63, 3.8) is 0 Å². The molecule has 4 heteroatoms. The smallest absolute Gasteiger partial charge is 0.220 e. The lowest BCUT2D eigenvalue weighted by Gasteiger charge is -2.16. The van der Waals surface area contributed by atoms with Crippen molar-refractivity contribution in [1.82, 2.24) is 5.32 Å². The highest BCUT2D eigenvalue weighted by Gasteiger charge is 2.13. The molecule has 0 aliphatic carbocycles. The lowest BCUT2D eigenvalue weighted by atomic mass is 9.94. The summed E-state index contributed by atoms with van der Waals surface area (Å²) in [5.41, 5.74) is 5.66. The first-order chi connectivity index (χ1) is 8.60. The quantitative estimate of drug-likeness (QED) is 0.437. The molecule has 0 aromatic rings. The molecule has 3 N–H and O–H groups in total. The molecule has 1 amide bonds. The highest BCUT2D eigenvalue weighted by Crippen LogP contribution is 2.13. The van der Waals surface area contributed by atoms with Gasteiger partial charge in [0, 0.05) is 13.0 Å². The van der Waals surface area contributed by atoms with Crippen molar-refractivity contribution in [1.29, 1.82) is 0 Å². The van der Waals surface area contributed by atoms with Gasteiger partial charge in [-0.25, -0.2) is 0 Å². The predicted octanol–water partition coefficient (Wildman–Crippen LogP) is 1.71. The van der Waals surface area contributed by atoms with Crippen molar-refractivity contribution in [3.8, 4) is 0 Å². The molecule has 0 spiro atoms. The number of nitrogens with one attached hydrogen (secondary N) is 1. The number of nitrogens with two attached hydrogens (primary N) is 1. The molecule has 0 unspecified atom stereocenters. The molecule has 0 bridgehead atoms. The van der Waals surface area contributed by atoms with E-state index in [0.29, 0.717) is 38.6 Å². The minimum atomic E-state index is 0.0680. The molecule has 18 heavy (non-hydrogen) atoms. The second kappa shape index (κ2) is 11.2. The summed E-state index contributed by atoms with van der Waals surface area (Å²) in [5, 5.41) is 2.85. The van der Waals surface area contributed by atoms with E-state index < -0.39 is 0 Å². The summed E-state index contributed by atoms with van der Waals surface area (Å²) in [4.78, 5) is 11.6. The zero-order chi connectivity index (χ0) is 13.8. The van der Waals surface area contributed by atoms with Crippen LogP contribution in [0.15, 0.2) is 12.7 Å². The van der Waals surface area contributed by atoms with E-state index in [2.05, 4.69) is 25.7 Å². The van der Waals surface area contributed by atoms with Crippen molar-refractivity contribution in [2.75, 3.05) is 26.3 Å². The normalized spacial score (nSPS) is 12.4. The van der Waals surface area contributed by atoms with Gasteiger partial charge in [0.05, 0.1) is 13.2 Å². The Kier molecular flexibility index (Phi) is 10.7. The van der Waals surface area contributed by atoms with Gasteiger partial charge in [0.25, 0.3) is 0 Å². The SMILES string of the molecule is C=CCCOCCNC(=O)C[C@@H](CN)CC(C)C. The van der Waals surface area contributed by atoms with Crippen LogP contribution in [0.4, 0.5) is 0 Å². The fourth-order valence-electron chi connectivity index (χ4n) is 1.80. The van der Waals surface area contributed by atoms with Crippen LogP contribution in [-0.2, 0) is 9.53 Å². The van der Waals surface area contributed by atoms with E-state index in [-0.39, 0.29) is 11.8 Å². The fraction of sp³-hybridized carbons (Fsp3) is 0.786. The van der Waals surface area contributed by atoms with Crippen LogP contribution in [0.3, 0.4) is 0 Å². The Labute approximate surface area is 111 Å². The van der Waals surface area contributed by atoms with Crippen LogP contribution >= 0.6 is 0 Å². The van der Waals surface area contributed by atoms with Crippen LogP contribution in [0.1, 0.15) is 33.1 Å². The molecule has 0 aliphatic rings. The molecule has 0 aliphatic heterocycles. The summed E-state index contributed by atoms with van der Waals surface area (Å²) >= 11 is 0. The largest absolute Gasteiger partial charge is 0.379 e. The number of rotatable bonds is 11. The van der Waals surface area contributed by atoms with Gasteiger partial charge in [-0.2, -0.15) is 0 Å². The second-order valence-corrected chi connectivity index (χ2v) is 4.98. The van der Waals surface area contributed by atoms with Gasteiger partial charge in [-0.15, -0.1) is 6.58 Å². The van der Waals surface area contributed by atoms with Crippen molar-refractivity contribution in [3.05, 3.63) is 12.7 Å². The summed E-state index contributed by atoms with van der Waals surface area (Å²) in [6.07, 6.45) is 4.18.